The summed E-state index contributed by atoms with van der Waals surface area (Å²) in [7, 11) is -2.40. The van der Waals surface area contributed by atoms with Gasteiger partial charge in [-0.3, -0.25) is 4.79 Å². The Morgan fingerprint density at radius 3 is 2.68 bits per heavy atom. The summed E-state index contributed by atoms with van der Waals surface area (Å²) in [5.74, 6) is -0.937. The first-order valence-electron chi connectivity index (χ1n) is 5.60. The first-order valence-corrected chi connectivity index (χ1v) is 7.88. The van der Waals surface area contributed by atoms with E-state index in [9.17, 15) is 13.2 Å². The molecule has 8 nitrogen and oxygen atoms in total. The minimum atomic E-state index is -3.85. The molecule has 106 valence electrons. The van der Waals surface area contributed by atoms with Gasteiger partial charge in [0.05, 0.1) is 6.42 Å². The number of nitrogens with zero attached hydrogens (tertiary/aromatic N) is 3. The summed E-state index contributed by atoms with van der Waals surface area (Å²) in [6.45, 7) is 0. The lowest BCUT2D eigenvalue weighted by molar-refractivity contribution is -0.137. The molecule has 1 fully saturated rings. The van der Waals surface area contributed by atoms with Crippen molar-refractivity contribution in [3.63, 3.8) is 0 Å². The molecular weight excluding hydrogens is 340 g/mol. The summed E-state index contributed by atoms with van der Waals surface area (Å²) < 4.78 is 28.1. The molecule has 2 N–H and O–H groups in total. The second kappa shape index (κ2) is 5.17. The number of carbonyl (C=O) groups is 1. The van der Waals surface area contributed by atoms with E-state index in [4.69, 9.17) is 5.11 Å². The van der Waals surface area contributed by atoms with Crippen molar-refractivity contribution in [2.75, 3.05) is 0 Å². The van der Waals surface area contributed by atoms with Crippen molar-refractivity contribution in [3.8, 4) is 0 Å². The van der Waals surface area contributed by atoms with Crippen LogP contribution in [0.3, 0.4) is 0 Å². The molecule has 10 heteroatoms. The van der Waals surface area contributed by atoms with E-state index >= 15 is 0 Å². The van der Waals surface area contributed by atoms with Crippen LogP contribution in [0.5, 0.6) is 0 Å². The van der Waals surface area contributed by atoms with E-state index in [2.05, 4.69) is 31.0 Å². The number of rotatable bonds is 6. The molecule has 0 radical (unpaired) electrons. The van der Waals surface area contributed by atoms with Gasteiger partial charge in [-0.2, -0.15) is 0 Å². The maximum atomic E-state index is 12.2. The monoisotopic (exact) mass is 352 g/mol. The average molecular weight is 353 g/mol. The van der Waals surface area contributed by atoms with Crippen LogP contribution in [0, 0.1) is 5.92 Å². The molecule has 0 saturated heterocycles. The van der Waals surface area contributed by atoms with Gasteiger partial charge < -0.3 is 5.11 Å². The van der Waals surface area contributed by atoms with Gasteiger partial charge in [-0.25, -0.2) is 17.8 Å². The van der Waals surface area contributed by atoms with Crippen LogP contribution in [0.4, 0.5) is 0 Å². The molecule has 1 aliphatic carbocycles. The third-order valence-electron chi connectivity index (χ3n) is 2.88. The van der Waals surface area contributed by atoms with E-state index in [1.165, 1.54) is 7.05 Å². The number of nitrogens with one attached hydrogen (secondary N) is 1. The number of carboxylic acid groups (broad SMARTS) is 1. The van der Waals surface area contributed by atoms with Gasteiger partial charge in [-0.1, -0.05) is 5.21 Å². The van der Waals surface area contributed by atoms with Crippen molar-refractivity contribution in [1.82, 2.24) is 19.7 Å². The quantitative estimate of drug-likeness (QED) is 0.750. The van der Waals surface area contributed by atoms with E-state index in [0.29, 0.717) is 0 Å². The fourth-order valence-corrected chi connectivity index (χ4v) is 4.25. The minimum absolute atomic E-state index is 0.0887. The zero-order valence-electron chi connectivity index (χ0n) is 10.1. The Labute approximate surface area is 118 Å². The van der Waals surface area contributed by atoms with Crippen molar-refractivity contribution in [2.24, 2.45) is 13.0 Å². The van der Waals surface area contributed by atoms with Crippen LogP contribution < -0.4 is 4.72 Å². The van der Waals surface area contributed by atoms with Crippen molar-refractivity contribution in [2.45, 2.75) is 30.3 Å². The predicted molar refractivity (Wildman–Crippen MR) is 67.8 cm³/mol. The van der Waals surface area contributed by atoms with Gasteiger partial charge in [-0.05, 0) is 34.7 Å². The van der Waals surface area contributed by atoms with Gasteiger partial charge in [0.15, 0.2) is 4.60 Å². The maximum Gasteiger partial charge on any atom is 0.304 e. The van der Waals surface area contributed by atoms with E-state index in [1.807, 2.05) is 0 Å². The highest BCUT2D eigenvalue weighted by Gasteiger charge is 2.37. The first kappa shape index (κ1) is 14.4. The largest absolute Gasteiger partial charge is 0.481 e. The molecule has 2 rings (SSSR count). The van der Waals surface area contributed by atoms with E-state index < -0.39 is 22.0 Å². The van der Waals surface area contributed by atoms with Gasteiger partial charge in [0.1, 0.15) is 0 Å². The molecule has 1 heterocycles. The highest BCUT2D eigenvalue weighted by Crippen LogP contribution is 2.35. The topological polar surface area (TPSA) is 114 Å². The summed E-state index contributed by atoms with van der Waals surface area (Å²) in [6.07, 6.45) is 1.45. The van der Waals surface area contributed by atoms with Crippen LogP contribution >= 0.6 is 15.9 Å². The lowest BCUT2D eigenvalue weighted by Gasteiger charge is -2.16. The summed E-state index contributed by atoms with van der Waals surface area (Å²) in [4.78, 5) is 10.8. The molecule has 0 amide bonds. The zero-order valence-corrected chi connectivity index (χ0v) is 12.5. The van der Waals surface area contributed by atoms with E-state index in [1.54, 1.807) is 0 Å². The molecule has 0 bridgehead atoms. The summed E-state index contributed by atoms with van der Waals surface area (Å²) in [5, 5.41) is 15.9. The van der Waals surface area contributed by atoms with E-state index in [0.717, 1.165) is 17.5 Å². The van der Waals surface area contributed by atoms with E-state index in [-0.39, 0.29) is 22.0 Å². The van der Waals surface area contributed by atoms with Crippen LogP contribution in [0.2, 0.25) is 0 Å². The van der Waals surface area contributed by atoms with Crippen LogP contribution in [0.1, 0.15) is 19.3 Å². The lowest BCUT2D eigenvalue weighted by atomic mass is 10.1. The van der Waals surface area contributed by atoms with Crippen LogP contribution in [0.15, 0.2) is 9.63 Å². The normalized spacial score (nSPS) is 17.4. The fourth-order valence-electron chi connectivity index (χ4n) is 1.85. The Morgan fingerprint density at radius 1 is 1.63 bits per heavy atom. The molecule has 1 unspecified atom stereocenters. The van der Waals surface area contributed by atoms with Gasteiger partial charge in [0.25, 0.3) is 10.0 Å². The highest BCUT2D eigenvalue weighted by molar-refractivity contribution is 9.10. The number of aryl methyl sites for hydroxylation is 1. The van der Waals surface area contributed by atoms with Crippen molar-refractivity contribution >= 4 is 31.9 Å². The minimum Gasteiger partial charge on any atom is -0.481 e. The molecular formula is C9H13BrN4O4S. The molecule has 0 spiro atoms. The standard InChI is InChI=1S/C9H13BrN4O4S/c1-14-9(8(10)11-13-14)19(17,18)12-6(4-7(15)16)5-2-3-5/h5-6,12H,2-4H2,1H3,(H,15,16). The number of hydrogen-bond donors (Lipinski definition) is 2. The lowest BCUT2D eigenvalue weighted by Crippen LogP contribution is -2.38. The third-order valence-corrected chi connectivity index (χ3v) is 5.26. The Morgan fingerprint density at radius 2 is 2.26 bits per heavy atom. The molecule has 1 aromatic rings. The number of halogens is 1. The van der Waals surface area contributed by atoms with Crippen LogP contribution in [-0.4, -0.2) is 40.5 Å². The van der Waals surface area contributed by atoms with Crippen LogP contribution in [0.25, 0.3) is 0 Å². The van der Waals surface area contributed by atoms with Gasteiger partial charge >= 0.3 is 5.97 Å². The maximum absolute atomic E-state index is 12.2. The van der Waals surface area contributed by atoms with Crippen molar-refractivity contribution in [1.29, 1.82) is 0 Å². The third kappa shape index (κ3) is 3.31. The van der Waals surface area contributed by atoms with Gasteiger partial charge in [0, 0.05) is 13.1 Å². The Kier molecular flexibility index (Phi) is 3.92. The highest BCUT2D eigenvalue weighted by atomic mass is 79.9. The molecule has 19 heavy (non-hydrogen) atoms. The Hall–Kier alpha value is -1.00. The second-order valence-electron chi connectivity index (χ2n) is 4.47. The second-order valence-corrected chi connectivity index (χ2v) is 6.85. The molecule has 0 aliphatic heterocycles. The number of sulfonamides is 1. The summed E-state index contributed by atoms with van der Waals surface area (Å²) in [6, 6.07) is -0.593. The fraction of sp³-hybridized carbons (Fsp3) is 0.667. The Balaban J connectivity index is 2.22. The summed E-state index contributed by atoms with van der Waals surface area (Å²) >= 11 is 3.02. The number of carboxylic acids is 1. The first-order chi connectivity index (χ1) is 8.81. The molecule has 1 aromatic heterocycles. The SMILES string of the molecule is Cn1nnc(Br)c1S(=O)(=O)NC(CC(=O)O)C1CC1. The van der Waals surface area contributed by atoms with Gasteiger partial charge in [-0.15, -0.1) is 5.10 Å². The number of aromatic nitrogens is 3. The average Bonchev–Trinajstić information content (AvgIpc) is 3.03. The molecule has 1 aliphatic rings. The van der Waals surface area contributed by atoms with Crippen LogP contribution in [-0.2, 0) is 21.9 Å². The molecule has 1 atom stereocenters. The predicted octanol–water partition coefficient (Wildman–Crippen LogP) is 0.109. The van der Waals surface area contributed by atoms with Gasteiger partial charge in [0.2, 0.25) is 5.03 Å². The molecule has 0 aromatic carbocycles. The molecule has 1 saturated carbocycles. The number of aliphatic carboxylic acids is 1. The summed E-state index contributed by atoms with van der Waals surface area (Å²) in [5.41, 5.74) is 0. The zero-order chi connectivity index (χ0) is 14.2. The smallest absolute Gasteiger partial charge is 0.304 e. The van der Waals surface area contributed by atoms with Crippen molar-refractivity contribution in [3.05, 3.63) is 4.60 Å². The van der Waals surface area contributed by atoms with Crippen molar-refractivity contribution < 1.29 is 18.3 Å². The Bertz CT molecular complexity index is 576. The number of hydrogen-bond acceptors (Lipinski definition) is 5.